The van der Waals surface area contributed by atoms with Gasteiger partial charge >= 0.3 is 0 Å². The van der Waals surface area contributed by atoms with Gasteiger partial charge in [-0.2, -0.15) is 0 Å². The molecule has 1 aromatic carbocycles. The predicted molar refractivity (Wildman–Crippen MR) is 99.8 cm³/mol. The molecule has 26 heavy (non-hydrogen) atoms. The van der Waals surface area contributed by atoms with Gasteiger partial charge in [0.2, 0.25) is 17.7 Å². The molecule has 136 valence electrons. The normalized spacial score (nSPS) is 22.7. The highest BCUT2D eigenvalue weighted by Gasteiger charge is 2.47. The summed E-state index contributed by atoms with van der Waals surface area (Å²) in [5.74, 6) is -0.735. The molecule has 3 amide bonds. The van der Waals surface area contributed by atoms with Crippen LogP contribution in [0.15, 0.2) is 18.2 Å². The van der Waals surface area contributed by atoms with Gasteiger partial charge in [-0.1, -0.05) is 30.2 Å². The Hall–Kier alpha value is -2.28. The van der Waals surface area contributed by atoms with E-state index in [2.05, 4.69) is 10.3 Å². The molecule has 2 unspecified atom stereocenters. The quantitative estimate of drug-likeness (QED) is 0.838. The van der Waals surface area contributed by atoms with Crippen molar-refractivity contribution in [3.8, 4) is 0 Å². The molecule has 2 heterocycles. The van der Waals surface area contributed by atoms with Gasteiger partial charge in [0.1, 0.15) is 0 Å². The summed E-state index contributed by atoms with van der Waals surface area (Å²) in [6.07, 6.45) is 3.70. The maximum absolute atomic E-state index is 12.4. The standard InChI is InChI=1S/C19H21N3O3S/c1-11-6-7-14-15(10-11)26-19(20-14)21-16(23)8-9-22-17(24)12-4-2-3-5-13(12)18(22)25/h6-7,10,12-13H,2-5,8-9H2,1H3,(H,20,21,23). The van der Waals surface area contributed by atoms with Gasteiger partial charge in [-0.25, -0.2) is 4.98 Å². The number of amides is 3. The number of anilines is 1. The number of thiazole rings is 1. The number of likely N-dealkylation sites (tertiary alicyclic amines) is 1. The summed E-state index contributed by atoms with van der Waals surface area (Å²) in [6, 6.07) is 5.95. The molecule has 7 heteroatoms. The number of hydrogen-bond acceptors (Lipinski definition) is 5. The first-order valence-electron chi connectivity index (χ1n) is 9.05. The Balaban J connectivity index is 1.37. The van der Waals surface area contributed by atoms with Crippen LogP contribution in [0.1, 0.15) is 37.7 Å². The van der Waals surface area contributed by atoms with E-state index < -0.39 is 0 Å². The molecule has 2 atom stereocenters. The van der Waals surface area contributed by atoms with Crippen LogP contribution < -0.4 is 5.32 Å². The lowest BCUT2D eigenvalue weighted by Crippen LogP contribution is -2.34. The summed E-state index contributed by atoms with van der Waals surface area (Å²) < 4.78 is 1.02. The fourth-order valence-corrected chi connectivity index (χ4v) is 4.91. The lowest BCUT2D eigenvalue weighted by Gasteiger charge is -2.19. The monoisotopic (exact) mass is 371 g/mol. The van der Waals surface area contributed by atoms with E-state index in [1.165, 1.54) is 16.2 Å². The number of benzene rings is 1. The minimum Gasteiger partial charge on any atom is -0.302 e. The minimum atomic E-state index is -0.226. The molecule has 0 spiro atoms. The number of fused-ring (bicyclic) bond motifs is 2. The van der Waals surface area contributed by atoms with Gasteiger partial charge in [0, 0.05) is 13.0 Å². The van der Waals surface area contributed by atoms with E-state index in [0.29, 0.717) is 5.13 Å². The number of carbonyl (C=O) groups is 3. The van der Waals surface area contributed by atoms with Crippen LogP contribution in [0.25, 0.3) is 10.2 Å². The third-order valence-electron chi connectivity index (χ3n) is 5.29. The number of aromatic nitrogens is 1. The van der Waals surface area contributed by atoms with E-state index in [0.717, 1.165) is 41.5 Å². The lowest BCUT2D eigenvalue weighted by atomic mass is 9.81. The smallest absolute Gasteiger partial charge is 0.233 e. The molecule has 1 aliphatic carbocycles. The Morgan fingerprint density at radius 3 is 2.62 bits per heavy atom. The second-order valence-electron chi connectivity index (χ2n) is 7.11. The van der Waals surface area contributed by atoms with Crippen LogP contribution in [0.3, 0.4) is 0 Å². The number of aryl methyl sites for hydroxylation is 1. The molecule has 6 nitrogen and oxygen atoms in total. The molecule has 1 aromatic heterocycles. The first-order valence-corrected chi connectivity index (χ1v) is 9.87. The second kappa shape index (κ2) is 6.79. The van der Waals surface area contributed by atoms with E-state index in [9.17, 15) is 14.4 Å². The fourth-order valence-electron chi connectivity index (χ4n) is 3.93. The molecule has 1 aliphatic heterocycles. The van der Waals surface area contributed by atoms with Crippen molar-refractivity contribution >= 4 is 44.4 Å². The van der Waals surface area contributed by atoms with Crippen LogP contribution in [0.5, 0.6) is 0 Å². The molecule has 1 saturated carbocycles. The molecule has 0 bridgehead atoms. The maximum Gasteiger partial charge on any atom is 0.233 e. The number of nitrogens with one attached hydrogen (secondary N) is 1. The number of nitrogens with zero attached hydrogens (tertiary/aromatic N) is 2. The Morgan fingerprint density at radius 2 is 1.92 bits per heavy atom. The molecule has 2 aromatic rings. The molecule has 1 N–H and O–H groups in total. The zero-order chi connectivity index (χ0) is 18.3. The SMILES string of the molecule is Cc1ccc2nc(NC(=O)CCN3C(=O)C4CCCCC4C3=O)sc2c1. The van der Waals surface area contributed by atoms with Crippen LogP contribution in [-0.2, 0) is 14.4 Å². The summed E-state index contributed by atoms with van der Waals surface area (Å²) in [6.45, 7) is 2.17. The Kier molecular flexibility index (Phi) is 4.48. The van der Waals surface area contributed by atoms with Crippen LogP contribution >= 0.6 is 11.3 Å². The van der Waals surface area contributed by atoms with Crippen LogP contribution in [0.2, 0.25) is 0 Å². The van der Waals surface area contributed by atoms with Crippen LogP contribution in [0, 0.1) is 18.8 Å². The predicted octanol–water partition coefficient (Wildman–Crippen LogP) is 3.11. The first kappa shape index (κ1) is 17.1. The minimum absolute atomic E-state index is 0.0945. The average molecular weight is 371 g/mol. The maximum atomic E-state index is 12.4. The highest BCUT2D eigenvalue weighted by Crippen LogP contribution is 2.38. The van der Waals surface area contributed by atoms with Gasteiger partial charge in [-0.15, -0.1) is 0 Å². The Morgan fingerprint density at radius 1 is 1.23 bits per heavy atom. The van der Waals surface area contributed by atoms with E-state index in [1.54, 1.807) is 0 Å². The highest BCUT2D eigenvalue weighted by atomic mass is 32.1. The number of carbonyl (C=O) groups excluding carboxylic acids is 3. The van der Waals surface area contributed by atoms with Crippen molar-refractivity contribution in [2.24, 2.45) is 11.8 Å². The number of rotatable bonds is 4. The third kappa shape index (κ3) is 3.11. The molecule has 4 rings (SSSR count). The zero-order valence-electron chi connectivity index (χ0n) is 14.7. The summed E-state index contributed by atoms with van der Waals surface area (Å²) in [7, 11) is 0. The molecular formula is C19H21N3O3S. The van der Waals surface area contributed by atoms with E-state index in [-0.39, 0.29) is 42.5 Å². The summed E-state index contributed by atoms with van der Waals surface area (Å²) >= 11 is 1.42. The van der Waals surface area contributed by atoms with Crippen molar-refractivity contribution < 1.29 is 14.4 Å². The largest absolute Gasteiger partial charge is 0.302 e. The molecule has 0 radical (unpaired) electrons. The average Bonchev–Trinajstić information content (AvgIpc) is 3.12. The van der Waals surface area contributed by atoms with Gasteiger partial charge in [-0.05, 0) is 37.5 Å². The van der Waals surface area contributed by atoms with Crippen molar-refractivity contribution in [2.75, 3.05) is 11.9 Å². The van der Waals surface area contributed by atoms with Crippen LogP contribution in [-0.4, -0.2) is 34.2 Å². The van der Waals surface area contributed by atoms with Crippen molar-refractivity contribution in [3.05, 3.63) is 23.8 Å². The van der Waals surface area contributed by atoms with E-state index in [1.807, 2.05) is 25.1 Å². The van der Waals surface area contributed by atoms with E-state index in [4.69, 9.17) is 0 Å². The highest BCUT2D eigenvalue weighted by molar-refractivity contribution is 7.22. The Labute approximate surface area is 155 Å². The van der Waals surface area contributed by atoms with Gasteiger partial charge in [0.25, 0.3) is 0 Å². The topological polar surface area (TPSA) is 79.4 Å². The zero-order valence-corrected chi connectivity index (χ0v) is 15.5. The van der Waals surface area contributed by atoms with Crippen molar-refractivity contribution in [3.63, 3.8) is 0 Å². The third-order valence-corrected chi connectivity index (χ3v) is 6.22. The van der Waals surface area contributed by atoms with Crippen molar-refractivity contribution in [2.45, 2.75) is 39.0 Å². The van der Waals surface area contributed by atoms with Gasteiger partial charge in [-0.3, -0.25) is 19.3 Å². The van der Waals surface area contributed by atoms with Crippen molar-refractivity contribution in [1.29, 1.82) is 0 Å². The molecular weight excluding hydrogens is 350 g/mol. The summed E-state index contributed by atoms with van der Waals surface area (Å²) in [5, 5.41) is 3.33. The Bertz CT molecular complexity index is 867. The van der Waals surface area contributed by atoms with Crippen molar-refractivity contribution in [1.82, 2.24) is 9.88 Å². The second-order valence-corrected chi connectivity index (χ2v) is 8.14. The van der Waals surface area contributed by atoms with Crippen LogP contribution in [0.4, 0.5) is 5.13 Å². The molecule has 2 aliphatic rings. The van der Waals surface area contributed by atoms with Gasteiger partial charge in [0.15, 0.2) is 5.13 Å². The lowest BCUT2D eigenvalue weighted by molar-refractivity contribution is -0.140. The molecule has 2 fully saturated rings. The number of hydrogen-bond donors (Lipinski definition) is 1. The van der Waals surface area contributed by atoms with E-state index >= 15 is 0 Å². The summed E-state index contributed by atoms with van der Waals surface area (Å²) in [4.78, 5) is 42.8. The fraction of sp³-hybridized carbons (Fsp3) is 0.474. The first-order chi connectivity index (χ1) is 12.5. The van der Waals surface area contributed by atoms with Gasteiger partial charge < -0.3 is 5.32 Å². The summed E-state index contributed by atoms with van der Waals surface area (Å²) in [5.41, 5.74) is 2.00. The number of imide groups is 1. The molecule has 1 saturated heterocycles. The van der Waals surface area contributed by atoms with Gasteiger partial charge in [0.05, 0.1) is 22.1 Å².